The number of hydrogen-bond acceptors (Lipinski definition) is 8. The van der Waals surface area contributed by atoms with Gasteiger partial charge in [-0.1, -0.05) is 12.8 Å². The summed E-state index contributed by atoms with van der Waals surface area (Å²) in [4.78, 5) is 21.4. The molecule has 0 aromatic heterocycles. The smallest absolute Gasteiger partial charge is 0.298 e. The van der Waals surface area contributed by atoms with Gasteiger partial charge >= 0.3 is 31.3 Å². The summed E-state index contributed by atoms with van der Waals surface area (Å²) in [5.41, 5.74) is -11.1. The van der Waals surface area contributed by atoms with Gasteiger partial charge in [0.1, 0.15) is 11.6 Å². The number of ketones is 2. The molecule has 0 saturated heterocycles. The van der Waals surface area contributed by atoms with Gasteiger partial charge in [0.05, 0.1) is 10.5 Å². The van der Waals surface area contributed by atoms with Gasteiger partial charge < -0.3 is 0 Å². The zero-order valence-electron chi connectivity index (χ0n) is 16.1. The Balaban J connectivity index is 0. The van der Waals surface area contributed by atoms with Crippen LogP contribution in [0.25, 0.3) is 0 Å². The van der Waals surface area contributed by atoms with Gasteiger partial charge in [0.25, 0.3) is 0 Å². The Morgan fingerprint density at radius 1 is 0.656 bits per heavy atom. The van der Waals surface area contributed by atoms with E-state index in [9.17, 15) is 35.9 Å². The Morgan fingerprint density at radius 3 is 0.969 bits per heavy atom. The molecule has 2 saturated carbocycles. The lowest BCUT2D eigenvalue weighted by molar-refractivity contribution is -0.120. The topological polar surface area (TPSA) is 143 Å². The van der Waals surface area contributed by atoms with Crippen molar-refractivity contribution in [3.8, 4) is 0 Å². The number of hydrogen-bond donors (Lipinski definition) is 4. The predicted molar refractivity (Wildman–Crippen MR) is 108 cm³/mol. The first-order valence-electron chi connectivity index (χ1n) is 8.60. The molecule has 0 amide bonds. The van der Waals surface area contributed by atoms with E-state index in [0.717, 1.165) is 38.5 Å². The van der Waals surface area contributed by atoms with E-state index in [1.54, 1.807) is 0 Å². The van der Waals surface area contributed by atoms with Crippen molar-refractivity contribution in [2.75, 3.05) is 0 Å². The van der Waals surface area contributed by atoms with E-state index >= 15 is 0 Å². The molecule has 0 aromatic carbocycles. The first-order chi connectivity index (χ1) is 14.1. The largest absolute Gasteiger partial charge is 0.522 e. The van der Waals surface area contributed by atoms with Gasteiger partial charge in [0, 0.05) is 12.8 Å². The fourth-order valence-corrected chi connectivity index (χ4v) is 2.55. The van der Waals surface area contributed by atoms with Crippen LogP contribution in [0.2, 0.25) is 0 Å². The summed E-state index contributed by atoms with van der Waals surface area (Å²) in [5.74, 6) is 0.666. The van der Waals surface area contributed by atoms with Crippen molar-refractivity contribution in [3.05, 3.63) is 0 Å². The molecule has 2 unspecified atom stereocenters. The molecule has 0 radical (unpaired) electrons. The quantitative estimate of drug-likeness (QED) is 0.152. The van der Waals surface area contributed by atoms with Gasteiger partial charge in [-0.3, -0.25) is 18.7 Å². The Hall–Kier alpha value is -0.560. The average molecular weight is 561 g/mol. The minimum absolute atomic E-state index is 0.0590. The highest BCUT2D eigenvalue weighted by Crippen LogP contribution is 2.21. The second-order valence-corrected chi connectivity index (χ2v) is 10.4. The Kier molecular flexibility index (Phi) is 14.7. The van der Waals surface area contributed by atoms with Gasteiger partial charge in [-0.15, -0.1) is 0 Å². The Morgan fingerprint density at radius 2 is 0.875 bits per heavy atom. The number of alkyl halides is 6. The predicted octanol–water partition coefficient (Wildman–Crippen LogP) is 3.64. The maximum absolute atomic E-state index is 10.7. The maximum atomic E-state index is 10.7. The summed E-state index contributed by atoms with van der Waals surface area (Å²) in [6.45, 7) is 0. The number of thiol groups is 2. The number of carbonyl (C=O) groups excluding carboxylic acids is 2. The van der Waals surface area contributed by atoms with Gasteiger partial charge in [-0.05, 0) is 25.7 Å². The highest BCUT2D eigenvalue weighted by atomic mass is 32.2. The second kappa shape index (κ2) is 14.0. The van der Waals surface area contributed by atoms with Gasteiger partial charge in [0.2, 0.25) is 0 Å². The lowest BCUT2D eigenvalue weighted by Crippen LogP contribution is -2.21. The van der Waals surface area contributed by atoms with Crippen molar-refractivity contribution in [2.24, 2.45) is 0 Å². The van der Waals surface area contributed by atoms with E-state index in [0.29, 0.717) is 11.6 Å². The monoisotopic (exact) mass is 560 g/mol. The molecule has 0 spiro atoms. The van der Waals surface area contributed by atoms with E-state index in [4.69, 9.17) is 25.9 Å². The molecule has 2 aliphatic carbocycles. The van der Waals surface area contributed by atoms with Crippen molar-refractivity contribution in [3.63, 3.8) is 0 Å². The van der Waals surface area contributed by atoms with Crippen LogP contribution in [-0.2, 0) is 29.8 Å². The van der Waals surface area contributed by atoms with E-state index in [1.807, 2.05) is 0 Å². The summed E-state index contributed by atoms with van der Waals surface area (Å²) >= 11 is 8.21. The molecule has 2 N–H and O–H groups in total. The second-order valence-electron chi connectivity index (χ2n) is 6.30. The van der Waals surface area contributed by atoms with Crippen molar-refractivity contribution in [2.45, 2.75) is 72.9 Å². The van der Waals surface area contributed by atoms with E-state index in [2.05, 4.69) is 25.3 Å². The van der Waals surface area contributed by atoms with Crippen molar-refractivity contribution < 1.29 is 61.9 Å². The SMILES string of the molecule is O=C1CCCCC1S.O=C1CCCCC1S.O=S(=O)(O)C(F)(F)F.O=S(=O)(O)C(F)(F)F. The number of Topliss-reactive ketones (excluding diaryl/α,β-unsaturated/α-hetero) is 2. The molecule has 2 atom stereocenters. The minimum atomic E-state index is -5.84. The first kappa shape index (κ1) is 33.6. The lowest BCUT2D eigenvalue weighted by Gasteiger charge is -2.13. The van der Waals surface area contributed by atoms with E-state index < -0.39 is 31.3 Å². The van der Waals surface area contributed by atoms with Crippen LogP contribution in [0.1, 0.15) is 51.4 Å². The van der Waals surface area contributed by atoms with Crippen LogP contribution >= 0.6 is 25.3 Å². The fraction of sp³-hybridized carbons (Fsp3) is 0.857. The first-order valence-corrected chi connectivity index (χ1v) is 12.5. The summed E-state index contributed by atoms with van der Waals surface area (Å²) in [6.07, 6.45) is 8.01. The third-order valence-corrected chi connectivity index (χ3v) is 5.89. The number of halogens is 6. The van der Waals surface area contributed by atoms with Gasteiger partial charge in [-0.2, -0.15) is 68.4 Å². The molecular formula is C14H22F6O8S4. The van der Waals surface area contributed by atoms with Gasteiger partial charge in [-0.25, -0.2) is 0 Å². The molecule has 2 rings (SSSR count). The Bertz CT molecular complexity index is 740. The third kappa shape index (κ3) is 15.3. The summed E-state index contributed by atoms with van der Waals surface area (Å²) in [5, 5.41) is 0.118. The van der Waals surface area contributed by atoms with Crippen LogP contribution in [0.3, 0.4) is 0 Å². The normalized spacial score (nSPS) is 22.3. The van der Waals surface area contributed by atoms with E-state index in [-0.39, 0.29) is 10.5 Å². The number of rotatable bonds is 0. The highest BCUT2D eigenvalue weighted by molar-refractivity contribution is 7.86. The summed E-state index contributed by atoms with van der Waals surface area (Å²) in [6, 6.07) is 0. The third-order valence-electron chi connectivity index (χ3n) is 3.63. The van der Waals surface area contributed by atoms with Crippen molar-refractivity contribution in [1.82, 2.24) is 0 Å². The molecule has 8 nitrogen and oxygen atoms in total. The molecule has 0 aromatic rings. The molecule has 0 bridgehead atoms. The standard InChI is InChI=1S/2C6H10OS.2CHF3O3S/c2*7-5-3-1-2-4-6(5)8;2*2-1(3,4)8(5,6)7/h2*6,8H,1-4H2;2*(H,5,6,7). The zero-order valence-corrected chi connectivity index (χ0v) is 19.6. The van der Waals surface area contributed by atoms with Crippen LogP contribution in [-0.4, -0.2) is 59.0 Å². The molecule has 2 fully saturated rings. The van der Waals surface area contributed by atoms with E-state index in [1.165, 1.54) is 12.8 Å². The molecule has 0 heterocycles. The lowest BCUT2D eigenvalue weighted by atomic mass is 9.99. The molecule has 192 valence electrons. The van der Waals surface area contributed by atoms with Crippen LogP contribution in [0.15, 0.2) is 0 Å². The minimum Gasteiger partial charge on any atom is -0.298 e. The summed E-state index contributed by atoms with van der Waals surface area (Å²) < 4.78 is 115. The molecule has 18 heteroatoms. The van der Waals surface area contributed by atoms with Gasteiger partial charge in [0.15, 0.2) is 0 Å². The fourth-order valence-electron chi connectivity index (χ4n) is 1.93. The van der Waals surface area contributed by atoms with Crippen molar-refractivity contribution >= 4 is 57.1 Å². The van der Waals surface area contributed by atoms with Crippen LogP contribution < -0.4 is 0 Å². The molecule has 0 aliphatic heterocycles. The highest BCUT2D eigenvalue weighted by Gasteiger charge is 2.45. The maximum Gasteiger partial charge on any atom is 0.522 e. The van der Waals surface area contributed by atoms with Crippen molar-refractivity contribution in [1.29, 1.82) is 0 Å². The molecule has 32 heavy (non-hydrogen) atoms. The summed E-state index contributed by atoms with van der Waals surface area (Å²) in [7, 11) is -11.7. The Labute approximate surface area is 191 Å². The van der Waals surface area contributed by atoms with Crippen LogP contribution in [0.5, 0.6) is 0 Å². The average Bonchev–Trinajstić information content (AvgIpc) is 2.58. The zero-order chi connectivity index (χ0) is 26.0. The number of carbonyl (C=O) groups is 2. The molecule has 2 aliphatic rings. The van der Waals surface area contributed by atoms with Crippen LogP contribution in [0.4, 0.5) is 26.3 Å². The molecular weight excluding hydrogens is 538 g/mol. The van der Waals surface area contributed by atoms with Crippen LogP contribution in [0, 0.1) is 0 Å².